The average Bonchev–Trinajstić information content (AvgIpc) is 3.27. The molecule has 0 spiro atoms. The molecule has 3 heterocycles. The van der Waals surface area contributed by atoms with Gasteiger partial charge in [-0.1, -0.05) is 36.4 Å². The summed E-state index contributed by atoms with van der Waals surface area (Å²) in [4.78, 5) is 23.7. The molecule has 4 aromatic rings. The van der Waals surface area contributed by atoms with Crippen molar-refractivity contribution in [2.24, 2.45) is 7.05 Å². The van der Waals surface area contributed by atoms with Crippen LogP contribution in [-0.4, -0.2) is 37.8 Å². The molecule has 0 saturated heterocycles. The van der Waals surface area contributed by atoms with Crippen LogP contribution >= 0.6 is 0 Å². The van der Waals surface area contributed by atoms with E-state index >= 15 is 0 Å². The molecule has 160 valence electrons. The third-order valence-electron chi connectivity index (χ3n) is 5.05. The van der Waals surface area contributed by atoms with E-state index in [1.165, 1.54) is 4.90 Å². The first-order chi connectivity index (χ1) is 14.7. The summed E-state index contributed by atoms with van der Waals surface area (Å²) in [5, 5.41) is 0.969. The van der Waals surface area contributed by atoms with Crippen molar-refractivity contribution in [3.8, 4) is 11.3 Å². The molecular weight excluding hydrogens is 390 g/mol. The number of benzene rings is 1. The minimum absolute atomic E-state index is 0.459. The zero-order valence-electron chi connectivity index (χ0n) is 18.6. The molecule has 0 N–H and O–H groups in total. The number of carbonyl (C=O) groups is 1. The SMILES string of the molecule is C=CCn1c(-c2ccccc2)cc2c3c(ncn3C)c(N(C)C(=O)OC(C)(C)C)nc21. The molecule has 3 aromatic heterocycles. The van der Waals surface area contributed by atoms with Crippen LogP contribution in [0.2, 0.25) is 0 Å². The fourth-order valence-electron chi connectivity index (χ4n) is 3.71. The minimum Gasteiger partial charge on any atom is -0.443 e. The Morgan fingerprint density at radius 3 is 2.61 bits per heavy atom. The van der Waals surface area contributed by atoms with E-state index in [4.69, 9.17) is 9.72 Å². The second-order valence-corrected chi connectivity index (χ2v) is 8.56. The molecular formula is C24H27N5O2. The lowest BCUT2D eigenvalue weighted by Gasteiger charge is -2.24. The number of fused-ring (bicyclic) bond motifs is 3. The van der Waals surface area contributed by atoms with Gasteiger partial charge in [0.15, 0.2) is 5.82 Å². The molecule has 0 unspecified atom stereocenters. The zero-order valence-corrected chi connectivity index (χ0v) is 18.6. The number of anilines is 1. The quantitative estimate of drug-likeness (QED) is 0.431. The highest BCUT2D eigenvalue weighted by molar-refractivity contribution is 6.10. The van der Waals surface area contributed by atoms with Crippen molar-refractivity contribution in [2.75, 3.05) is 11.9 Å². The van der Waals surface area contributed by atoms with Gasteiger partial charge in [-0.05, 0) is 32.4 Å². The highest BCUT2D eigenvalue weighted by atomic mass is 16.6. The fraction of sp³-hybridized carbons (Fsp3) is 0.292. The number of imidazole rings is 1. The number of pyridine rings is 1. The highest BCUT2D eigenvalue weighted by Crippen LogP contribution is 2.35. The van der Waals surface area contributed by atoms with E-state index in [2.05, 4.69) is 34.3 Å². The Kier molecular flexibility index (Phi) is 5.05. The summed E-state index contributed by atoms with van der Waals surface area (Å²) in [6.07, 6.45) is 3.11. The summed E-state index contributed by atoms with van der Waals surface area (Å²) in [5.74, 6) is 0.459. The van der Waals surface area contributed by atoms with Crippen LogP contribution in [0.25, 0.3) is 33.3 Å². The van der Waals surface area contributed by atoms with Crippen LogP contribution in [0.5, 0.6) is 0 Å². The normalized spacial score (nSPS) is 11.8. The Morgan fingerprint density at radius 1 is 1.26 bits per heavy atom. The van der Waals surface area contributed by atoms with E-state index in [0.717, 1.165) is 27.8 Å². The van der Waals surface area contributed by atoms with Crippen LogP contribution in [0, 0.1) is 0 Å². The van der Waals surface area contributed by atoms with Crippen LogP contribution in [0.1, 0.15) is 20.8 Å². The molecule has 0 fully saturated rings. The molecule has 31 heavy (non-hydrogen) atoms. The van der Waals surface area contributed by atoms with Gasteiger partial charge < -0.3 is 13.9 Å². The van der Waals surface area contributed by atoms with Crippen molar-refractivity contribution in [1.29, 1.82) is 0 Å². The molecule has 0 radical (unpaired) electrons. The predicted molar refractivity (Wildman–Crippen MR) is 124 cm³/mol. The van der Waals surface area contributed by atoms with Gasteiger partial charge in [0.2, 0.25) is 0 Å². The van der Waals surface area contributed by atoms with Crippen LogP contribution in [0.15, 0.2) is 55.4 Å². The maximum Gasteiger partial charge on any atom is 0.415 e. The van der Waals surface area contributed by atoms with Crippen LogP contribution in [-0.2, 0) is 18.3 Å². The number of aromatic nitrogens is 4. The summed E-state index contributed by atoms with van der Waals surface area (Å²) < 4.78 is 9.63. The molecule has 0 atom stereocenters. The van der Waals surface area contributed by atoms with E-state index in [0.29, 0.717) is 17.9 Å². The number of hydrogen-bond acceptors (Lipinski definition) is 4. The van der Waals surface area contributed by atoms with Gasteiger partial charge in [-0.2, -0.15) is 0 Å². The zero-order chi connectivity index (χ0) is 22.3. The van der Waals surface area contributed by atoms with Crippen molar-refractivity contribution < 1.29 is 9.53 Å². The molecule has 0 aliphatic carbocycles. The third-order valence-corrected chi connectivity index (χ3v) is 5.05. The van der Waals surface area contributed by atoms with E-state index in [1.807, 2.05) is 56.7 Å². The van der Waals surface area contributed by atoms with Gasteiger partial charge in [0.1, 0.15) is 16.8 Å². The Bertz CT molecular complexity index is 1280. The van der Waals surface area contributed by atoms with Crippen molar-refractivity contribution >= 4 is 34.0 Å². The second kappa shape index (κ2) is 7.58. The summed E-state index contributed by atoms with van der Waals surface area (Å²) in [5.41, 5.74) is 3.83. The number of nitrogens with zero attached hydrogens (tertiary/aromatic N) is 5. The van der Waals surface area contributed by atoms with E-state index < -0.39 is 11.7 Å². The number of allylic oxidation sites excluding steroid dienone is 1. The Hall–Kier alpha value is -3.61. The first-order valence-corrected chi connectivity index (χ1v) is 10.2. The van der Waals surface area contributed by atoms with Crippen LogP contribution < -0.4 is 4.90 Å². The number of aryl methyl sites for hydroxylation is 1. The number of carbonyl (C=O) groups excluding carboxylic acids is 1. The summed E-state index contributed by atoms with van der Waals surface area (Å²) in [6.45, 7) is 10.0. The molecule has 4 rings (SSSR count). The molecule has 1 amide bonds. The van der Waals surface area contributed by atoms with Gasteiger partial charge in [-0.3, -0.25) is 4.90 Å². The maximum atomic E-state index is 12.8. The molecule has 7 heteroatoms. The average molecular weight is 418 g/mol. The number of hydrogen-bond donors (Lipinski definition) is 0. The summed E-state index contributed by atoms with van der Waals surface area (Å²) in [6, 6.07) is 12.3. The number of amides is 1. The maximum absolute atomic E-state index is 12.8. The molecule has 1 aromatic carbocycles. The Morgan fingerprint density at radius 2 is 1.97 bits per heavy atom. The topological polar surface area (TPSA) is 65.2 Å². The predicted octanol–water partition coefficient (Wildman–Crippen LogP) is 5.15. The number of ether oxygens (including phenoxy) is 1. The summed E-state index contributed by atoms with van der Waals surface area (Å²) in [7, 11) is 3.61. The van der Waals surface area contributed by atoms with Gasteiger partial charge >= 0.3 is 6.09 Å². The second-order valence-electron chi connectivity index (χ2n) is 8.56. The van der Waals surface area contributed by atoms with Crippen molar-refractivity contribution in [1.82, 2.24) is 19.1 Å². The van der Waals surface area contributed by atoms with Crippen molar-refractivity contribution in [3.63, 3.8) is 0 Å². The molecule has 0 aliphatic heterocycles. The Labute approximate surface area is 181 Å². The molecule has 7 nitrogen and oxygen atoms in total. The lowest BCUT2D eigenvalue weighted by Crippen LogP contribution is -2.34. The summed E-state index contributed by atoms with van der Waals surface area (Å²) >= 11 is 0. The standard InChI is InChI=1S/C24H27N5O2/c1-7-13-29-18(16-11-9-8-10-12-16)14-17-20-19(25-15-27(20)5)22(26-21(17)29)28(6)23(30)31-24(2,3)4/h7-12,14-15H,1,13H2,2-6H3. The number of rotatable bonds is 4. The minimum atomic E-state index is -0.609. The highest BCUT2D eigenvalue weighted by Gasteiger charge is 2.26. The van der Waals surface area contributed by atoms with Crippen LogP contribution in [0.4, 0.5) is 10.6 Å². The lowest BCUT2D eigenvalue weighted by molar-refractivity contribution is 0.0588. The van der Waals surface area contributed by atoms with Gasteiger partial charge in [-0.15, -0.1) is 6.58 Å². The first kappa shape index (κ1) is 20.7. The third kappa shape index (κ3) is 3.67. The van der Waals surface area contributed by atoms with E-state index in [9.17, 15) is 4.79 Å². The van der Waals surface area contributed by atoms with Gasteiger partial charge in [-0.25, -0.2) is 14.8 Å². The smallest absolute Gasteiger partial charge is 0.415 e. The van der Waals surface area contributed by atoms with Gasteiger partial charge in [0.25, 0.3) is 0 Å². The largest absolute Gasteiger partial charge is 0.443 e. The van der Waals surface area contributed by atoms with Gasteiger partial charge in [0, 0.05) is 26.0 Å². The first-order valence-electron chi connectivity index (χ1n) is 10.2. The van der Waals surface area contributed by atoms with Crippen molar-refractivity contribution in [3.05, 3.63) is 55.4 Å². The monoisotopic (exact) mass is 417 g/mol. The Balaban J connectivity index is 1.99. The molecule has 0 bridgehead atoms. The van der Waals surface area contributed by atoms with Gasteiger partial charge in [0.05, 0.1) is 17.5 Å². The van der Waals surface area contributed by atoms with Crippen LogP contribution in [0.3, 0.4) is 0 Å². The van der Waals surface area contributed by atoms with E-state index in [1.54, 1.807) is 13.4 Å². The molecule has 0 aliphatic rings. The lowest BCUT2D eigenvalue weighted by atomic mass is 10.1. The van der Waals surface area contributed by atoms with E-state index in [-0.39, 0.29) is 0 Å². The molecule has 0 saturated carbocycles. The van der Waals surface area contributed by atoms with Crippen molar-refractivity contribution in [2.45, 2.75) is 32.9 Å². The fourth-order valence-corrected chi connectivity index (χ4v) is 3.71.